The van der Waals surface area contributed by atoms with Crippen molar-refractivity contribution in [2.45, 2.75) is 38.9 Å². The predicted octanol–water partition coefficient (Wildman–Crippen LogP) is 1.98. The van der Waals surface area contributed by atoms with E-state index in [4.69, 9.17) is 0 Å². The monoisotopic (exact) mass is 424 g/mol. The van der Waals surface area contributed by atoms with Gasteiger partial charge in [-0.25, -0.2) is 0 Å². The van der Waals surface area contributed by atoms with Crippen LogP contribution in [0, 0.1) is 0 Å². The molecule has 0 saturated heterocycles. The Morgan fingerprint density at radius 2 is 1.76 bits per heavy atom. The Kier molecular flexibility index (Phi) is 10.00. The number of likely N-dealkylation sites (N-methyl/N-ethyl adjacent to an activating group) is 1. The molecule has 0 heterocycles. The fourth-order valence-corrected chi connectivity index (χ4v) is 1.45. The Balaban J connectivity index is 0. The predicted molar refractivity (Wildman–Crippen MR) is 88.0 cm³/mol. The van der Waals surface area contributed by atoms with Gasteiger partial charge in [0.1, 0.15) is 0 Å². The standard InChI is InChI=1S/C12H23F3N4O.HI/c1-11(2,3)18-9(20)8-19(5)10(16-4)17-7-6-12(13,14)15;/h6-8H2,1-5H3,(H,16,17)(H,18,20);1H. The largest absolute Gasteiger partial charge is 0.390 e. The molecule has 0 fully saturated rings. The lowest BCUT2D eigenvalue weighted by Gasteiger charge is -2.25. The van der Waals surface area contributed by atoms with Crippen LogP contribution in [0.4, 0.5) is 13.2 Å². The van der Waals surface area contributed by atoms with Crippen molar-refractivity contribution >= 4 is 35.8 Å². The van der Waals surface area contributed by atoms with Gasteiger partial charge in [-0.15, -0.1) is 24.0 Å². The van der Waals surface area contributed by atoms with E-state index in [9.17, 15) is 18.0 Å². The summed E-state index contributed by atoms with van der Waals surface area (Å²) in [6.07, 6.45) is -5.16. The fraction of sp³-hybridized carbons (Fsp3) is 0.833. The number of hydrogen-bond donors (Lipinski definition) is 2. The quantitative estimate of drug-likeness (QED) is 0.413. The molecule has 2 N–H and O–H groups in total. The van der Waals surface area contributed by atoms with E-state index in [-0.39, 0.29) is 54.5 Å². The Hall–Kier alpha value is -0.740. The van der Waals surface area contributed by atoms with Gasteiger partial charge in [-0.3, -0.25) is 9.79 Å². The lowest BCUT2D eigenvalue weighted by Crippen LogP contribution is -2.49. The normalized spacial score (nSPS) is 12.5. The third-order valence-corrected chi connectivity index (χ3v) is 2.16. The van der Waals surface area contributed by atoms with Crippen LogP contribution < -0.4 is 10.6 Å². The highest BCUT2D eigenvalue weighted by atomic mass is 127. The topological polar surface area (TPSA) is 56.7 Å². The molecule has 0 radical (unpaired) electrons. The summed E-state index contributed by atoms with van der Waals surface area (Å²) in [4.78, 5) is 17.0. The number of halogens is 4. The van der Waals surface area contributed by atoms with Crippen LogP contribution in [0.1, 0.15) is 27.2 Å². The fourth-order valence-electron chi connectivity index (χ4n) is 1.45. The van der Waals surface area contributed by atoms with Gasteiger partial charge in [-0.2, -0.15) is 13.2 Å². The van der Waals surface area contributed by atoms with Crippen LogP contribution in [0.3, 0.4) is 0 Å². The molecular formula is C12H24F3IN4O. The molecule has 0 spiro atoms. The molecule has 0 atom stereocenters. The molecule has 0 aliphatic carbocycles. The number of nitrogens with one attached hydrogen (secondary N) is 2. The maximum absolute atomic E-state index is 12.0. The molecule has 5 nitrogen and oxygen atoms in total. The van der Waals surface area contributed by atoms with Crippen molar-refractivity contribution in [2.75, 3.05) is 27.2 Å². The van der Waals surface area contributed by atoms with Crippen molar-refractivity contribution in [3.63, 3.8) is 0 Å². The minimum absolute atomic E-state index is 0. The second-order valence-electron chi connectivity index (χ2n) is 5.49. The van der Waals surface area contributed by atoms with E-state index in [2.05, 4.69) is 15.6 Å². The van der Waals surface area contributed by atoms with Gasteiger partial charge in [0.2, 0.25) is 5.91 Å². The average molecular weight is 424 g/mol. The second kappa shape index (κ2) is 9.31. The second-order valence-corrected chi connectivity index (χ2v) is 5.49. The molecule has 0 aromatic rings. The maximum Gasteiger partial charge on any atom is 0.390 e. The first-order valence-corrected chi connectivity index (χ1v) is 6.24. The Morgan fingerprint density at radius 1 is 1.24 bits per heavy atom. The molecule has 0 saturated carbocycles. The van der Waals surface area contributed by atoms with Gasteiger partial charge in [-0.1, -0.05) is 0 Å². The lowest BCUT2D eigenvalue weighted by atomic mass is 10.1. The number of nitrogens with zero attached hydrogens (tertiary/aromatic N) is 2. The summed E-state index contributed by atoms with van der Waals surface area (Å²) in [5.41, 5.74) is -0.356. The van der Waals surface area contributed by atoms with Gasteiger partial charge >= 0.3 is 6.18 Å². The number of amides is 1. The average Bonchev–Trinajstić information content (AvgIpc) is 2.19. The Labute approximate surface area is 140 Å². The first kappa shape index (κ1) is 22.5. The van der Waals surface area contributed by atoms with Crippen LogP contribution in [-0.2, 0) is 4.79 Å². The number of alkyl halides is 3. The van der Waals surface area contributed by atoms with E-state index < -0.39 is 12.6 Å². The van der Waals surface area contributed by atoms with Crippen LogP contribution in [0.2, 0.25) is 0 Å². The van der Waals surface area contributed by atoms with Crippen molar-refractivity contribution in [1.82, 2.24) is 15.5 Å². The van der Waals surface area contributed by atoms with Gasteiger partial charge in [0, 0.05) is 26.2 Å². The minimum atomic E-state index is -4.21. The van der Waals surface area contributed by atoms with E-state index in [1.165, 1.54) is 11.9 Å². The summed E-state index contributed by atoms with van der Waals surface area (Å²) in [6, 6.07) is 0. The molecule has 0 aliphatic heterocycles. The zero-order chi connectivity index (χ0) is 16.0. The molecule has 0 aliphatic rings. The molecule has 9 heteroatoms. The summed E-state index contributed by atoms with van der Waals surface area (Å²) in [5, 5.41) is 5.34. The maximum atomic E-state index is 12.0. The lowest BCUT2D eigenvalue weighted by molar-refractivity contribution is -0.133. The number of aliphatic imine (C=N–C) groups is 1. The van der Waals surface area contributed by atoms with Crippen molar-refractivity contribution in [3.05, 3.63) is 0 Å². The van der Waals surface area contributed by atoms with Crippen LogP contribution in [0.15, 0.2) is 4.99 Å². The molecule has 0 unspecified atom stereocenters. The highest BCUT2D eigenvalue weighted by Crippen LogP contribution is 2.18. The van der Waals surface area contributed by atoms with E-state index in [0.717, 1.165) is 0 Å². The zero-order valence-corrected chi connectivity index (χ0v) is 15.3. The Bertz CT molecular complexity index is 353. The molecule has 0 rings (SSSR count). The van der Waals surface area contributed by atoms with Gasteiger partial charge in [0.15, 0.2) is 5.96 Å². The van der Waals surface area contributed by atoms with Gasteiger partial charge in [-0.05, 0) is 20.8 Å². The van der Waals surface area contributed by atoms with Gasteiger partial charge in [0.05, 0.1) is 13.0 Å². The number of carbonyl (C=O) groups excluding carboxylic acids is 1. The minimum Gasteiger partial charge on any atom is -0.356 e. The number of carbonyl (C=O) groups is 1. The van der Waals surface area contributed by atoms with Crippen LogP contribution >= 0.6 is 24.0 Å². The first-order valence-electron chi connectivity index (χ1n) is 6.24. The first-order chi connectivity index (χ1) is 8.94. The Morgan fingerprint density at radius 3 is 2.14 bits per heavy atom. The summed E-state index contributed by atoms with van der Waals surface area (Å²) >= 11 is 0. The van der Waals surface area contributed by atoms with E-state index >= 15 is 0 Å². The molecular weight excluding hydrogens is 400 g/mol. The van der Waals surface area contributed by atoms with Crippen molar-refractivity contribution in [1.29, 1.82) is 0 Å². The SMILES string of the molecule is CN=C(NCCC(F)(F)F)N(C)CC(=O)NC(C)(C)C.I. The zero-order valence-electron chi connectivity index (χ0n) is 13.0. The highest BCUT2D eigenvalue weighted by Gasteiger charge is 2.26. The third-order valence-electron chi connectivity index (χ3n) is 2.16. The van der Waals surface area contributed by atoms with E-state index in [1.54, 1.807) is 7.05 Å². The van der Waals surface area contributed by atoms with E-state index in [1.807, 2.05) is 20.8 Å². The van der Waals surface area contributed by atoms with Gasteiger partial charge < -0.3 is 15.5 Å². The smallest absolute Gasteiger partial charge is 0.356 e. The summed E-state index contributed by atoms with van der Waals surface area (Å²) in [5.74, 6) is 0.0251. The van der Waals surface area contributed by atoms with Gasteiger partial charge in [0.25, 0.3) is 0 Å². The number of rotatable bonds is 4. The number of hydrogen-bond acceptors (Lipinski definition) is 2. The summed E-state index contributed by atoms with van der Waals surface area (Å²) < 4.78 is 36.1. The van der Waals surface area contributed by atoms with Crippen LogP contribution in [0.5, 0.6) is 0 Å². The molecule has 126 valence electrons. The molecule has 1 amide bonds. The summed E-state index contributed by atoms with van der Waals surface area (Å²) in [7, 11) is 3.04. The van der Waals surface area contributed by atoms with Crippen LogP contribution in [-0.4, -0.2) is 55.7 Å². The molecule has 21 heavy (non-hydrogen) atoms. The molecule has 0 aromatic heterocycles. The highest BCUT2D eigenvalue weighted by molar-refractivity contribution is 14.0. The molecule has 0 bridgehead atoms. The van der Waals surface area contributed by atoms with E-state index in [0.29, 0.717) is 0 Å². The number of guanidine groups is 1. The van der Waals surface area contributed by atoms with Crippen molar-refractivity contribution in [3.8, 4) is 0 Å². The summed E-state index contributed by atoms with van der Waals surface area (Å²) in [6.45, 7) is 5.29. The third kappa shape index (κ3) is 12.7. The van der Waals surface area contributed by atoms with Crippen LogP contribution in [0.25, 0.3) is 0 Å². The molecule has 0 aromatic carbocycles. The van der Waals surface area contributed by atoms with Crippen molar-refractivity contribution < 1.29 is 18.0 Å². The van der Waals surface area contributed by atoms with Crippen molar-refractivity contribution in [2.24, 2.45) is 4.99 Å².